The van der Waals surface area contributed by atoms with Crippen LogP contribution >= 0.6 is 11.6 Å². The molecule has 0 aliphatic carbocycles. The molecule has 0 saturated carbocycles. The third-order valence-electron chi connectivity index (χ3n) is 1.77. The summed E-state index contributed by atoms with van der Waals surface area (Å²) in [5.41, 5.74) is -1.63. The number of carbonyl (C=O) groups is 1. The Balaban J connectivity index is 3.46. The van der Waals surface area contributed by atoms with Gasteiger partial charge in [0.05, 0.1) is 7.11 Å². The molecule has 17 heavy (non-hydrogen) atoms. The van der Waals surface area contributed by atoms with Crippen molar-refractivity contribution in [2.75, 3.05) is 7.11 Å². The molecule has 0 aromatic carbocycles. The van der Waals surface area contributed by atoms with E-state index in [1.165, 1.54) is 0 Å². The van der Waals surface area contributed by atoms with Gasteiger partial charge >= 0.3 is 18.2 Å². The number of hydrogen-bond acceptors (Lipinski definition) is 5. The van der Waals surface area contributed by atoms with Gasteiger partial charge in [0.25, 0.3) is 0 Å². The van der Waals surface area contributed by atoms with Crippen LogP contribution in [0.2, 0.25) is 5.02 Å². The molecule has 6 nitrogen and oxygen atoms in total. The van der Waals surface area contributed by atoms with Crippen LogP contribution in [-0.2, 0) is 4.74 Å². The minimum atomic E-state index is -3.15. The van der Waals surface area contributed by atoms with E-state index in [1.807, 2.05) is 0 Å². The number of alkyl halides is 2. The lowest BCUT2D eigenvalue weighted by molar-refractivity contribution is -0.389. The molecule has 1 heterocycles. The first kappa shape index (κ1) is 13.2. The van der Waals surface area contributed by atoms with Crippen molar-refractivity contribution >= 4 is 23.4 Å². The van der Waals surface area contributed by atoms with E-state index < -0.39 is 39.4 Å². The molecule has 1 rings (SSSR count). The van der Waals surface area contributed by atoms with Crippen LogP contribution in [0.4, 0.5) is 14.6 Å². The normalized spacial score (nSPS) is 10.4. The summed E-state index contributed by atoms with van der Waals surface area (Å²) in [5, 5.41) is 9.93. The minimum absolute atomic E-state index is 0.514. The first-order valence-electron chi connectivity index (χ1n) is 4.09. The van der Waals surface area contributed by atoms with E-state index in [0.717, 1.165) is 13.2 Å². The van der Waals surface area contributed by atoms with E-state index in [1.54, 1.807) is 0 Å². The Morgan fingerprint density at radius 2 is 2.24 bits per heavy atom. The number of hydrogen-bond donors (Lipinski definition) is 0. The number of rotatable bonds is 3. The second-order valence-corrected chi connectivity index (χ2v) is 3.18. The highest BCUT2D eigenvalue weighted by atomic mass is 35.5. The van der Waals surface area contributed by atoms with Gasteiger partial charge in [0, 0.05) is 0 Å². The summed E-state index contributed by atoms with van der Waals surface area (Å²) in [6.45, 7) is 0. The minimum Gasteiger partial charge on any atom is -0.465 e. The Hall–Kier alpha value is -1.83. The van der Waals surface area contributed by atoms with Crippen molar-refractivity contribution in [3.8, 4) is 0 Å². The maximum atomic E-state index is 12.6. The number of halogens is 3. The van der Waals surface area contributed by atoms with E-state index in [-0.39, 0.29) is 0 Å². The van der Waals surface area contributed by atoms with Crippen LogP contribution in [0.25, 0.3) is 0 Å². The third kappa shape index (κ3) is 2.64. The zero-order valence-electron chi connectivity index (χ0n) is 8.32. The van der Waals surface area contributed by atoms with Crippen LogP contribution < -0.4 is 0 Å². The van der Waals surface area contributed by atoms with Crippen molar-refractivity contribution in [3.63, 3.8) is 0 Å². The van der Waals surface area contributed by atoms with Crippen LogP contribution in [0.5, 0.6) is 0 Å². The number of ether oxygens (including phenoxy) is 1. The van der Waals surface area contributed by atoms with E-state index >= 15 is 0 Å². The highest BCUT2D eigenvalue weighted by Gasteiger charge is 2.30. The number of esters is 1. The SMILES string of the molecule is COC(=O)c1cc(Cl)c([N+](=O)[O-])nc1C(F)F. The zero-order valence-corrected chi connectivity index (χ0v) is 9.07. The summed E-state index contributed by atoms with van der Waals surface area (Å²) >= 11 is 5.45. The van der Waals surface area contributed by atoms with Crippen molar-refractivity contribution in [3.05, 3.63) is 32.5 Å². The fourth-order valence-corrected chi connectivity index (χ4v) is 1.28. The molecule has 0 N–H and O–H groups in total. The highest BCUT2D eigenvalue weighted by Crippen LogP contribution is 2.30. The number of nitrogens with zero attached hydrogens (tertiary/aromatic N) is 2. The molecule has 0 bridgehead atoms. The molecule has 0 radical (unpaired) electrons. The van der Waals surface area contributed by atoms with Gasteiger partial charge in [-0.3, -0.25) is 0 Å². The van der Waals surface area contributed by atoms with Gasteiger partial charge in [0.15, 0.2) is 0 Å². The van der Waals surface area contributed by atoms with Gasteiger partial charge in [-0.2, -0.15) is 0 Å². The molecular formula is C8H5ClF2N2O4. The largest absolute Gasteiger partial charge is 0.465 e. The second kappa shape index (κ2) is 5.00. The van der Waals surface area contributed by atoms with Gasteiger partial charge < -0.3 is 14.9 Å². The van der Waals surface area contributed by atoms with Crippen LogP contribution in [0.3, 0.4) is 0 Å². The lowest BCUT2D eigenvalue weighted by atomic mass is 10.2. The van der Waals surface area contributed by atoms with Crippen LogP contribution in [-0.4, -0.2) is 23.0 Å². The molecule has 0 unspecified atom stereocenters. The number of nitro groups is 1. The molecule has 0 aliphatic heterocycles. The van der Waals surface area contributed by atoms with Crippen LogP contribution in [0.15, 0.2) is 6.07 Å². The fraction of sp³-hybridized carbons (Fsp3) is 0.250. The zero-order chi connectivity index (χ0) is 13.2. The van der Waals surface area contributed by atoms with Gasteiger partial charge in [0.1, 0.15) is 10.6 Å². The first-order valence-corrected chi connectivity index (χ1v) is 4.47. The Kier molecular flexibility index (Phi) is 3.89. The molecule has 1 aromatic heterocycles. The van der Waals surface area contributed by atoms with E-state index in [4.69, 9.17) is 11.6 Å². The topological polar surface area (TPSA) is 82.3 Å². The molecule has 0 atom stereocenters. The summed E-state index contributed by atoms with van der Waals surface area (Å²) in [6, 6.07) is 0.736. The van der Waals surface area contributed by atoms with Crippen molar-refractivity contribution in [1.29, 1.82) is 0 Å². The van der Waals surface area contributed by atoms with Gasteiger partial charge in [0.2, 0.25) is 5.69 Å². The first-order chi connectivity index (χ1) is 7.88. The number of methoxy groups -OCH3 is 1. The van der Waals surface area contributed by atoms with Gasteiger partial charge in [-0.15, -0.1) is 0 Å². The molecular weight excluding hydrogens is 262 g/mol. The quantitative estimate of drug-likeness (QED) is 0.476. The average Bonchev–Trinajstić information content (AvgIpc) is 2.26. The Morgan fingerprint density at radius 3 is 2.65 bits per heavy atom. The summed E-state index contributed by atoms with van der Waals surface area (Å²) in [6.07, 6.45) is -3.15. The van der Waals surface area contributed by atoms with E-state index in [2.05, 4.69) is 9.72 Å². The third-order valence-corrected chi connectivity index (χ3v) is 2.05. The monoisotopic (exact) mass is 266 g/mol. The van der Waals surface area contributed by atoms with Gasteiger partial charge in [-0.05, 0) is 16.0 Å². The second-order valence-electron chi connectivity index (χ2n) is 2.78. The lowest BCUT2D eigenvalue weighted by Gasteiger charge is -2.04. The Morgan fingerprint density at radius 1 is 1.65 bits per heavy atom. The van der Waals surface area contributed by atoms with Gasteiger partial charge in [-0.25, -0.2) is 13.6 Å². The molecule has 0 spiro atoms. The summed E-state index contributed by atoms with van der Waals surface area (Å²) in [7, 11) is 0.979. The predicted molar refractivity (Wildman–Crippen MR) is 52.2 cm³/mol. The number of carbonyl (C=O) groups excluding carboxylic acids is 1. The summed E-state index contributed by atoms with van der Waals surface area (Å²) < 4.78 is 29.4. The Bertz CT molecular complexity index is 481. The van der Waals surface area contributed by atoms with Crippen molar-refractivity contribution in [2.45, 2.75) is 6.43 Å². The highest BCUT2D eigenvalue weighted by molar-refractivity contribution is 6.32. The molecule has 1 aromatic rings. The lowest BCUT2D eigenvalue weighted by Crippen LogP contribution is -2.10. The van der Waals surface area contributed by atoms with Crippen LogP contribution in [0.1, 0.15) is 22.5 Å². The molecule has 9 heteroatoms. The standard InChI is InChI=1S/C8H5ClF2N2O4/c1-17-8(14)3-2-4(9)7(13(15)16)12-5(3)6(10)11/h2,6H,1H3. The van der Waals surface area contributed by atoms with Gasteiger partial charge in [-0.1, -0.05) is 11.6 Å². The smallest absolute Gasteiger partial charge is 0.382 e. The number of aromatic nitrogens is 1. The predicted octanol–water partition coefficient (Wildman–Crippen LogP) is 2.37. The Labute approximate surface area is 98.3 Å². The van der Waals surface area contributed by atoms with Crippen LogP contribution in [0, 0.1) is 10.1 Å². The van der Waals surface area contributed by atoms with E-state index in [0.29, 0.717) is 0 Å². The fourth-order valence-electron chi connectivity index (χ4n) is 1.06. The molecule has 0 aliphatic rings. The average molecular weight is 267 g/mol. The molecule has 0 saturated heterocycles. The van der Waals surface area contributed by atoms with E-state index in [9.17, 15) is 23.7 Å². The van der Waals surface area contributed by atoms with Crippen molar-refractivity contribution in [2.24, 2.45) is 0 Å². The molecule has 0 amide bonds. The summed E-state index contributed by atoms with van der Waals surface area (Å²) in [4.78, 5) is 23.6. The summed E-state index contributed by atoms with van der Waals surface area (Å²) in [5.74, 6) is -2.03. The van der Waals surface area contributed by atoms with Crippen molar-refractivity contribution in [1.82, 2.24) is 4.98 Å². The number of pyridine rings is 1. The molecule has 0 fully saturated rings. The molecule has 92 valence electrons. The van der Waals surface area contributed by atoms with Crippen molar-refractivity contribution < 1.29 is 23.2 Å². The maximum Gasteiger partial charge on any atom is 0.382 e. The maximum absolute atomic E-state index is 12.6.